The van der Waals surface area contributed by atoms with E-state index in [2.05, 4.69) is 10.2 Å². The molecule has 0 bridgehead atoms. The van der Waals surface area contributed by atoms with Crippen molar-refractivity contribution in [2.45, 2.75) is 6.92 Å². The van der Waals surface area contributed by atoms with E-state index in [1.54, 1.807) is 6.92 Å². The van der Waals surface area contributed by atoms with Crippen molar-refractivity contribution < 1.29 is 8.78 Å². The van der Waals surface area contributed by atoms with Crippen LogP contribution >= 0.6 is 0 Å². The van der Waals surface area contributed by atoms with Crippen molar-refractivity contribution in [1.29, 1.82) is 0 Å². The Bertz CT molecular complexity index is 463. The van der Waals surface area contributed by atoms with Crippen LogP contribution in [0.15, 0.2) is 24.4 Å². The molecule has 14 heavy (non-hydrogen) atoms. The molecule has 1 heterocycles. The lowest BCUT2D eigenvalue weighted by atomic mass is 10.1. The van der Waals surface area contributed by atoms with Crippen LogP contribution in [-0.4, -0.2) is 10.2 Å². The van der Waals surface area contributed by atoms with E-state index in [1.165, 1.54) is 18.3 Å². The molecule has 0 saturated carbocycles. The highest BCUT2D eigenvalue weighted by Gasteiger charge is 2.12. The van der Waals surface area contributed by atoms with Crippen LogP contribution < -0.4 is 0 Å². The summed E-state index contributed by atoms with van der Waals surface area (Å²) in [7, 11) is 0. The Balaban J connectivity index is 2.63. The van der Waals surface area contributed by atoms with Gasteiger partial charge >= 0.3 is 0 Å². The molecule has 0 spiro atoms. The zero-order valence-electron chi connectivity index (χ0n) is 7.51. The van der Waals surface area contributed by atoms with Gasteiger partial charge in [0, 0.05) is 16.8 Å². The minimum Gasteiger partial charge on any atom is -0.282 e. The number of aromatic nitrogens is 2. The zero-order chi connectivity index (χ0) is 10.1. The topological polar surface area (TPSA) is 28.7 Å². The van der Waals surface area contributed by atoms with Crippen LogP contribution in [0.5, 0.6) is 0 Å². The van der Waals surface area contributed by atoms with Gasteiger partial charge in [-0.05, 0) is 13.0 Å². The van der Waals surface area contributed by atoms with Crippen molar-refractivity contribution in [3.63, 3.8) is 0 Å². The van der Waals surface area contributed by atoms with Crippen molar-refractivity contribution in [2.24, 2.45) is 0 Å². The van der Waals surface area contributed by atoms with Crippen molar-refractivity contribution >= 4 is 0 Å². The van der Waals surface area contributed by atoms with Crippen LogP contribution in [0.4, 0.5) is 8.78 Å². The van der Waals surface area contributed by atoms with Crippen molar-refractivity contribution in [3.05, 3.63) is 41.7 Å². The van der Waals surface area contributed by atoms with Gasteiger partial charge in [-0.2, -0.15) is 5.10 Å². The number of hydrogen-bond acceptors (Lipinski definition) is 1. The van der Waals surface area contributed by atoms with E-state index < -0.39 is 11.6 Å². The molecule has 0 saturated heterocycles. The predicted molar refractivity (Wildman–Crippen MR) is 48.7 cm³/mol. The second kappa shape index (κ2) is 3.21. The molecule has 0 fully saturated rings. The molecule has 2 aromatic rings. The number of aryl methyl sites for hydroxylation is 1. The standard InChI is InChI=1S/C10H8F2N2/c1-6-8(5-13-14-6)7-3-2-4-9(11)10(7)12/h2-5H,1H3,(H,13,14). The van der Waals surface area contributed by atoms with Gasteiger partial charge in [0.25, 0.3) is 0 Å². The van der Waals surface area contributed by atoms with Gasteiger partial charge in [0.05, 0.1) is 6.20 Å². The number of nitrogens with zero attached hydrogens (tertiary/aromatic N) is 1. The summed E-state index contributed by atoms with van der Waals surface area (Å²) in [5.74, 6) is -1.68. The first kappa shape index (κ1) is 8.87. The molecule has 72 valence electrons. The monoisotopic (exact) mass is 194 g/mol. The maximum atomic E-state index is 13.3. The Morgan fingerprint density at radius 1 is 1.21 bits per heavy atom. The van der Waals surface area contributed by atoms with E-state index in [1.807, 2.05) is 0 Å². The Hall–Kier alpha value is -1.71. The van der Waals surface area contributed by atoms with Gasteiger partial charge in [0.2, 0.25) is 0 Å². The normalized spacial score (nSPS) is 10.5. The summed E-state index contributed by atoms with van der Waals surface area (Å²) in [5, 5.41) is 6.43. The lowest BCUT2D eigenvalue weighted by Gasteiger charge is -2.01. The number of rotatable bonds is 1. The van der Waals surface area contributed by atoms with Crippen LogP contribution in [0.2, 0.25) is 0 Å². The molecule has 2 rings (SSSR count). The molecule has 1 N–H and O–H groups in total. The molecular formula is C10H8F2N2. The lowest BCUT2D eigenvalue weighted by Crippen LogP contribution is -1.89. The average molecular weight is 194 g/mol. The molecule has 1 aromatic carbocycles. The smallest absolute Gasteiger partial charge is 0.166 e. The molecule has 2 nitrogen and oxygen atoms in total. The second-order valence-corrected chi connectivity index (χ2v) is 3.01. The minimum absolute atomic E-state index is 0.233. The van der Waals surface area contributed by atoms with Gasteiger partial charge in [0.1, 0.15) is 0 Å². The molecule has 0 radical (unpaired) electrons. The van der Waals surface area contributed by atoms with E-state index in [0.29, 0.717) is 5.56 Å². The van der Waals surface area contributed by atoms with E-state index >= 15 is 0 Å². The van der Waals surface area contributed by atoms with Crippen LogP contribution in [-0.2, 0) is 0 Å². The highest BCUT2D eigenvalue weighted by atomic mass is 19.2. The summed E-state index contributed by atoms with van der Waals surface area (Å²) in [6.45, 7) is 1.76. The summed E-state index contributed by atoms with van der Waals surface area (Å²) >= 11 is 0. The van der Waals surface area contributed by atoms with Gasteiger partial charge in [0.15, 0.2) is 11.6 Å². The SMILES string of the molecule is Cc1[nH]ncc1-c1cccc(F)c1F. The first-order valence-corrected chi connectivity index (χ1v) is 4.14. The Kier molecular flexibility index (Phi) is 2.04. The summed E-state index contributed by atoms with van der Waals surface area (Å²) in [6.07, 6.45) is 1.48. The fourth-order valence-corrected chi connectivity index (χ4v) is 1.33. The zero-order valence-corrected chi connectivity index (χ0v) is 7.51. The fourth-order valence-electron chi connectivity index (χ4n) is 1.33. The first-order valence-electron chi connectivity index (χ1n) is 4.14. The van der Waals surface area contributed by atoms with E-state index in [4.69, 9.17) is 0 Å². The molecule has 0 atom stereocenters. The number of benzene rings is 1. The van der Waals surface area contributed by atoms with Gasteiger partial charge in [-0.15, -0.1) is 0 Å². The second-order valence-electron chi connectivity index (χ2n) is 3.01. The van der Waals surface area contributed by atoms with Crippen LogP contribution in [0.25, 0.3) is 11.1 Å². The van der Waals surface area contributed by atoms with Crippen LogP contribution in [0.3, 0.4) is 0 Å². The Morgan fingerprint density at radius 2 is 2.00 bits per heavy atom. The first-order chi connectivity index (χ1) is 6.70. The quantitative estimate of drug-likeness (QED) is 0.742. The molecule has 1 aromatic heterocycles. The molecule has 0 aliphatic carbocycles. The predicted octanol–water partition coefficient (Wildman–Crippen LogP) is 2.66. The summed E-state index contributed by atoms with van der Waals surface area (Å²) in [5.41, 5.74) is 1.53. The molecule has 4 heteroatoms. The van der Waals surface area contributed by atoms with Crippen molar-refractivity contribution in [1.82, 2.24) is 10.2 Å². The largest absolute Gasteiger partial charge is 0.282 e. The third-order valence-electron chi connectivity index (χ3n) is 2.07. The Morgan fingerprint density at radius 3 is 2.64 bits per heavy atom. The number of nitrogens with one attached hydrogen (secondary N) is 1. The summed E-state index contributed by atoms with van der Waals surface area (Å²) < 4.78 is 26.2. The van der Waals surface area contributed by atoms with Crippen LogP contribution in [0, 0.1) is 18.6 Å². The minimum atomic E-state index is -0.844. The van der Waals surface area contributed by atoms with Crippen molar-refractivity contribution in [3.8, 4) is 11.1 Å². The maximum absolute atomic E-state index is 13.3. The molecule has 0 aliphatic rings. The van der Waals surface area contributed by atoms with E-state index in [9.17, 15) is 8.78 Å². The Labute approximate surface area is 79.6 Å². The van der Waals surface area contributed by atoms with Crippen molar-refractivity contribution in [2.75, 3.05) is 0 Å². The van der Waals surface area contributed by atoms with Crippen LogP contribution in [0.1, 0.15) is 5.69 Å². The summed E-state index contributed by atoms with van der Waals surface area (Å²) in [4.78, 5) is 0. The third kappa shape index (κ3) is 1.28. The molecule has 0 aliphatic heterocycles. The number of H-pyrrole nitrogens is 1. The highest BCUT2D eigenvalue weighted by molar-refractivity contribution is 5.65. The van der Waals surface area contributed by atoms with Gasteiger partial charge in [-0.1, -0.05) is 12.1 Å². The molecule has 0 unspecified atom stereocenters. The maximum Gasteiger partial charge on any atom is 0.166 e. The number of hydrogen-bond donors (Lipinski definition) is 1. The van der Waals surface area contributed by atoms with E-state index in [0.717, 1.165) is 11.8 Å². The highest BCUT2D eigenvalue weighted by Crippen LogP contribution is 2.25. The van der Waals surface area contributed by atoms with Gasteiger partial charge < -0.3 is 0 Å². The average Bonchev–Trinajstić information content (AvgIpc) is 2.57. The molecule has 0 amide bonds. The third-order valence-corrected chi connectivity index (χ3v) is 2.07. The van der Waals surface area contributed by atoms with Gasteiger partial charge in [-0.25, -0.2) is 8.78 Å². The van der Waals surface area contributed by atoms with Gasteiger partial charge in [-0.3, -0.25) is 5.10 Å². The lowest BCUT2D eigenvalue weighted by molar-refractivity contribution is 0.511. The van der Waals surface area contributed by atoms with E-state index in [-0.39, 0.29) is 5.56 Å². The summed E-state index contributed by atoms with van der Waals surface area (Å²) in [6, 6.07) is 4.09. The molecular weight excluding hydrogens is 186 g/mol. The fraction of sp³-hybridized carbons (Fsp3) is 0.100. The number of halogens is 2. The number of aromatic amines is 1.